The topological polar surface area (TPSA) is 76.1 Å². The van der Waals surface area contributed by atoms with Gasteiger partial charge < -0.3 is 14.6 Å². The number of amides is 1. The second-order valence-electron chi connectivity index (χ2n) is 8.26. The first-order chi connectivity index (χ1) is 17.4. The summed E-state index contributed by atoms with van der Waals surface area (Å²) >= 11 is 6.27. The molecule has 0 aromatic heterocycles. The Kier molecular flexibility index (Phi) is 8.40. The number of rotatable bonds is 10. The zero-order chi connectivity index (χ0) is 25.5. The third-order valence-corrected chi connectivity index (χ3v) is 6.90. The summed E-state index contributed by atoms with van der Waals surface area (Å²) in [7, 11) is 0. The molecule has 0 bridgehead atoms. The molecule has 3 aromatic carbocycles. The Labute approximate surface area is 219 Å². The first kappa shape index (κ1) is 25.5. The maximum Gasteiger partial charge on any atom is 0.323 e. The van der Waals surface area contributed by atoms with Gasteiger partial charge in [0.2, 0.25) is 0 Å². The van der Waals surface area contributed by atoms with Crippen LogP contribution in [0.15, 0.2) is 83.8 Å². The zero-order valence-electron chi connectivity index (χ0n) is 19.6. The standard InChI is InChI=1S/C28H25NO5S2/c1-19(22-10-6-3-7-11-22)17-33-23-13-12-21(14-24(23)34-18-20-8-4-2-5-9-20)15-25-27(32)29(16-26(30)31)28(35)36-25/h2-15,19H,16-18H2,1H3,(H,30,31)/t19-/m1/s1. The van der Waals surface area contributed by atoms with Crippen LogP contribution in [0.2, 0.25) is 0 Å². The molecular weight excluding hydrogens is 494 g/mol. The van der Waals surface area contributed by atoms with E-state index in [1.54, 1.807) is 6.08 Å². The van der Waals surface area contributed by atoms with Crippen molar-refractivity contribution in [3.05, 3.63) is 100 Å². The van der Waals surface area contributed by atoms with E-state index in [4.69, 9.17) is 26.8 Å². The molecule has 8 heteroatoms. The van der Waals surface area contributed by atoms with E-state index in [1.807, 2.05) is 66.7 Å². The molecule has 1 aliphatic rings. The molecule has 184 valence electrons. The quantitative estimate of drug-likeness (QED) is 0.271. The van der Waals surface area contributed by atoms with Crippen LogP contribution in [0.4, 0.5) is 0 Å². The van der Waals surface area contributed by atoms with Crippen molar-refractivity contribution < 1.29 is 24.2 Å². The average Bonchev–Trinajstić information content (AvgIpc) is 3.14. The summed E-state index contributed by atoms with van der Waals surface area (Å²) in [4.78, 5) is 25.2. The Hall–Kier alpha value is -3.62. The number of hydrogen-bond donors (Lipinski definition) is 1. The first-order valence-corrected chi connectivity index (χ1v) is 12.6. The Balaban J connectivity index is 1.55. The number of ether oxygens (including phenoxy) is 2. The fraction of sp³-hybridized carbons (Fsp3) is 0.179. The van der Waals surface area contributed by atoms with Crippen molar-refractivity contribution in [2.45, 2.75) is 19.4 Å². The minimum absolute atomic E-state index is 0.184. The van der Waals surface area contributed by atoms with E-state index in [2.05, 4.69) is 19.1 Å². The van der Waals surface area contributed by atoms with Crippen LogP contribution in [0.25, 0.3) is 6.08 Å². The summed E-state index contributed by atoms with van der Waals surface area (Å²) in [5.74, 6) is -0.201. The number of benzene rings is 3. The van der Waals surface area contributed by atoms with Gasteiger partial charge >= 0.3 is 5.97 Å². The lowest BCUT2D eigenvalue weighted by molar-refractivity contribution is -0.140. The summed E-state index contributed by atoms with van der Waals surface area (Å²) in [5.41, 5.74) is 2.92. The second-order valence-corrected chi connectivity index (χ2v) is 9.94. The number of carboxylic acids is 1. The molecule has 1 heterocycles. The monoisotopic (exact) mass is 519 g/mol. The number of hydrogen-bond acceptors (Lipinski definition) is 6. The van der Waals surface area contributed by atoms with Crippen LogP contribution in [0.5, 0.6) is 11.5 Å². The molecule has 1 fully saturated rings. The van der Waals surface area contributed by atoms with E-state index in [0.717, 1.165) is 27.8 Å². The highest BCUT2D eigenvalue weighted by molar-refractivity contribution is 8.26. The van der Waals surface area contributed by atoms with Crippen LogP contribution in [-0.2, 0) is 16.2 Å². The highest BCUT2D eigenvalue weighted by Crippen LogP contribution is 2.35. The van der Waals surface area contributed by atoms with Gasteiger partial charge in [-0.3, -0.25) is 14.5 Å². The van der Waals surface area contributed by atoms with Crippen LogP contribution in [0.1, 0.15) is 29.5 Å². The lowest BCUT2D eigenvalue weighted by atomic mass is 10.0. The van der Waals surface area contributed by atoms with Crippen molar-refractivity contribution in [3.63, 3.8) is 0 Å². The van der Waals surface area contributed by atoms with Gasteiger partial charge in [-0.15, -0.1) is 0 Å². The smallest absolute Gasteiger partial charge is 0.323 e. The van der Waals surface area contributed by atoms with Crippen LogP contribution in [0, 0.1) is 0 Å². The maximum absolute atomic E-state index is 12.7. The highest BCUT2D eigenvalue weighted by atomic mass is 32.2. The number of carbonyl (C=O) groups excluding carboxylic acids is 1. The lowest BCUT2D eigenvalue weighted by Crippen LogP contribution is -2.33. The van der Waals surface area contributed by atoms with Gasteiger partial charge in [-0.05, 0) is 34.9 Å². The molecule has 0 spiro atoms. The Morgan fingerprint density at radius 2 is 1.72 bits per heavy atom. The van der Waals surface area contributed by atoms with Crippen LogP contribution in [0.3, 0.4) is 0 Å². The number of carboxylic acid groups (broad SMARTS) is 1. The molecule has 3 aromatic rings. The summed E-state index contributed by atoms with van der Waals surface area (Å²) in [6.07, 6.45) is 1.69. The summed E-state index contributed by atoms with van der Waals surface area (Å²) in [6.45, 7) is 2.47. The number of nitrogens with zero attached hydrogens (tertiary/aromatic N) is 1. The van der Waals surface area contributed by atoms with Gasteiger partial charge in [0.05, 0.1) is 11.5 Å². The van der Waals surface area contributed by atoms with Crippen molar-refractivity contribution >= 4 is 46.3 Å². The number of aliphatic carboxylic acids is 1. The Morgan fingerprint density at radius 1 is 1.03 bits per heavy atom. The van der Waals surface area contributed by atoms with Crippen molar-refractivity contribution in [1.29, 1.82) is 0 Å². The van der Waals surface area contributed by atoms with Gasteiger partial charge in [0.1, 0.15) is 17.5 Å². The summed E-state index contributed by atoms with van der Waals surface area (Å²) < 4.78 is 12.5. The van der Waals surface area contributed by atoms with Gasteiger partial charge in [-0.1, -0.05) is 97.6 Å². The number of thioether (sulfide) groups is 1. The molecule has 0 radical (unpaired) electrons. The molecule has 1 N–H and O–H groups in total. The van der Waals surface area contributed by atoms with Gasteiger partial charge in [-0.2, -0.15) is 0 Å². The largest absolute Gasteiger partial charge is 0.489 e. The van der Waals surface area contributed by atoms with Crippen LogP contribution < -0.4 is 9.47 Å². The molecular formula is C28H25NO5S2. The molecule has 0 saturated carbocycles. The van der Waals surface area contributed by atoms with Crippen molar-refractivity contribution in [2.24, 2.45) is 0 Å². The fourth-order valence-corrected chi connectivity index (χ4v) is 4.85. The van der Waals surface area contributed by atoms with Crippen molar-refractivity contribution in [2.75, 3.05) is 13.2 Å². The minimum Gasteiger partial charge on any atom is -0.489 e. The third-order valence-electron chi connectivity index (χ3n) is 5.53. The maximum atomic E-state index is 12.7. The number of thiocarbonyl (C=S) groups is 1. The first-order valence-electron chi connectivity index (χ1n) is 11.4. The zero-order valence-corrected chi connectivity index (χ0v) is 21.3. The summed E-state index contributed by atoms with van der Waals surface area (Å²) in [6, 6.07) is 25.4. The van der Waals surface area contributed by atoms with Gasteiger partial charge in [0.25, 0.3) is 5.91 Å². The Bertz CT molecular complexity index is 1280. The van der Waals surface area contributed by atoms with Gasteiger partial charge in [-0.25, -0.2) is 0 Å². The lowest BCUT2D eigenvalue weighted by Gasteiger charge is -2.17. The molecule has 0 unspecified atom stereocenters. The fourth-order valence-electron chi connectivity index (χ4n) is 3.60. The van der Waals surface area contributed by atoms with Gasteiger partial charge in [0, 0.05) is 5.92 Å². The Morgan fingerprint density at radius 3 is 2.42 bits per heavy atom. The molecule has 1 saturated heterocycles. The molecule has 1 amide bonds. The molecule has 1 atom stereocenters. The molecule has 4 rings (SSSR count). The average molecular weight is 520 g/mol. The third kappa shape index (κ3) is 6.53. The molecule has 36 heavy (non-hydrogen) atoms. The van der Waals surface area contributed by atoms with E-state index in [9.17, 15) is 9.59 Å². The van der Waals surface area contributed by atoms with E-state index < -0.39 is 18.4 Å². The molecule has 6 nitrogen and oxygen atoms in total. The molecule has 0 aliphatic carbocycles. The van der Waals surface area contributed by atoms with Crippen molar-refractivity contribution in [1.82, 2.24) is 4.90 Å². The van der Waals surface area contributed by atoms with Crippen LogP contribution >= 0.6 is 24.0 Å². The minimum atomic E-state index is -1.12. The second kappa shape index (κ2) is 11.9. The van der Waals surface area contributed by atoms with E-state index in [1.165, 1.54) is 5.56 Å². The molecule has 1 aliphatic heterocycles. The predicted octanol–water partition coefficient (Wildman–Crippen LogP) is 5.73. The highest BCUT2D eigenvalue weighted by Gasteiger charge is 2.33. The van der Waals surface area contributed by atoms with E-state index >= 15 is 0 Å². The van der Waals surface area contributed by atoms with E-state index in [-0.39, 0.29) is 10.2 Å². The van der Waals surface area contributed by atoms with E-state index in [0.29, 0.717) is 29.6 Å². The van der Waals surface area contributed by atoms with Crippen molar-refractivity contribution in [3.8, 4) is 11.5 Å². The number of carbonyl (C=O) groups is 2. The normalized spacial score (nSPS) is 15.2. The van der Waals surface area contributed by atoms with Gasteiger partial charge in [0.15, 0.2) is 11.5 Å². The predicted molar refractivity (Wildman–Crippen MR) is 145 cm³/mol. The summed E-state index contributed by atoms with van der Waals surface area (Å²) in [5, 5.41) is 9.05. The van der Waals surface area contributed by atoms with Crippen LogP contribution in [-0.4, -0.2) is 39.4 Å². The SMILES string of the molecule is C[C@H](COc1ccc(C=C2SC(=S)N(CC(=O)O)C2=O)cc1OCc1ccccc1)c1ccccc1.